The monoisotopic (exact) mass is 718 g/mol. The van der Waals surface area contributed by atoms with Crippen molar-refractivity contribution in [1.29, 1.82) is 0 Å². The number of esters is 1. The molecule has 0 fully saturated rings. The van der Waals surface area contributed by atoms with Gasteiger partial charge in [0.25, 0.3) is 14.0 Å². The molecule has 0 radical (unpaired) electrons. The third-order valence-corrected chi connectivity index (χ3v) is 13.8. The highest BCUT2D eigenvalue weighted by Gasteiger charge is 2.51. The molecule has 0 saturated carbocycles. The van der Waals surface area contributed by atoms with Crippen molar-refractivity contribution in [2.75, 3.05) is 13.7 Å². The summed E-state index contributed by atoms with van der Waals surface area (Å²) in [5, 5.41) is 15.9. The number of carbonyl (C=O) groups is 2. The molecule has 2 atom stereocenters. The molecule has 0 aliphatic carbocycles. The molecular formula is C41H42N2O8Si. The molecular weight excluding hydrogens is 677 g/mol. The highest BCUT2D eigenvalue weighted by molar-refractivity contribution is 6.99. The number of nitro groups is 1. The number of methoxy groups -OCH3 is 1. The molecule has 5 rings (SSSR count). The standard InChI is InChI=1S/C41H42N2O8Si/c1-41(2,3)52(35-16-10-6-11-17-35,36-18-12-7-13-19-36)50-29-37(51-39(44)32-20-24-33(25-21-32)43(46)47)38(31-22-26-34(48-4)27-23-31)42-40(45)49-28-30-14-8-5-9-15-30/h5-27,37-38H,28-29H2,1-4H3,(H,42,45)/t37-,38?/m0/s1. The first-order chi connectivity index (χ1) is 25.0. The molecule has 11 heteroatoms. The van der Waals surface area contributed by atoms with E-state index >= 15 is 0 Å². The molecule has 0 bridgehead atoms. The summed E-state index contributed by atoms with van der Waals surface area (Å²) in [5.41, 5.74) is 1.34. The molecule has 0 aromatic heterocycles. The van der Waals surface area contributed by atoms with Gasteiger partial charge in [-0.15, -0.1) is 0 Å². The summed E-state index contributed by atoms with van der Waals surface area (Å²) < 4.78 is 24.5. The zero-order chi connectivity index (χ0) is 37.1. The van der Waals surface area contributed by atoms with E-state index in [2.05, 4.69) is 50.4 Å². The summed E-state index contributed by atoms with van der Waals surface area (Å²) in [5.74, 6) is -0.152. The molecule has 0 heterocycles. The van der Waals surface area contributed by atoms with Crippen LogP contribution in [0.5, 0.6) is 5.75 Å². The normalized spacial score (nSPS) is 12.6. The van der Waals surface area contributed by atoms with Crippen LogP contribution in [0.15, 0.2) is 140 Å². The zero-order valence-electron chi connectivity index (χ0n) is 29.6. The number of nitro benzene ring substituents is 1. The van der Waals surface area contributed by atoms with Gasteiger partial charge in [-0.05, 0) is 50.8 Å². The Labute approximate surface area is 304 Å². The van der Waals surface area contributed by atoms with Crippen LogP contribution in [0.1, 0.15) is 48.3 Å². The molecule has 268 valence electrons. The summed E-state index contributed by atoms with van der Waals surface area (Å²) in [6.07, 6.45) is -1.83. The van der Waals surface area contributed by atoms with Gasteiger partial charge in [-0.2, -0.15) is 0 Å². The summed E-state index contributed by atoms with van der Waals surface area (Å²) in [6, 6.07) is 40.6. The quantitative estimate of drug-likeness (QED) is 0.0546. The summed E-state index contributed by atoms with van der Waals surface area (Å²) in [6.45, 7) is 6.31. The molecule has 1 N–H and O–H groups in total. The van der Waals surface area contributed by atoms with E-state index < -0.39 is 42.5 Å². The minimum Gasteiger partial charge on any atom is -0.497 e. The largest absolute Gasteiger partial charge is 0.497 e. The Morgan fingerprint density at radius 1 is 0.769 bits per heavy atom. The van der Waals surface area contributed by atoms with Crippen LogP contribution in [0.2, 0.25) is 5.04 Å². The lowest BCUT2D eigenvalue weighted by atomic mass is 10.0. The van der Waals surface area contributed by atoms with Gasteiger partial charge in [0.1, 0.15) is 18.5 Å². The fourth-order valence-corrected chi connectivity index (χ4v) is 10.8. The number of hydrogen-bond donors (Lipinski definition) is 1. The fraction of sp³-hybridized carbons (Fsp3) is 0.220. The molecule has 1 unspecified atom stereocenters. The Balaban J connectivity index is 1.57. The SMILES string of the molecule is COc1ccc(C(NC(=O)OCc2ccccc2)[C@H](CO[Si](c2ccccc2)(c2ccccc2)C(C)(C)C)OC(=O)c2ccc([N+](=O)[O-])cc2)cc1. The van der Waals surface area contributed by atoms with Gasteiger partial charge in [-0.25, -0.2) is 9.59 Å². The van der Waals surface area contributed by atoms with Gasteiger partial charge >= 0.3 is 12.1 Å². The van der Waals surface area contributed by atoms with Gasteiger partial charge in [0.15, 0.2) is 0 Å². The van der Waals surface area contributed by atoms with Crippen molar-refractivity contribution in [1.82, 2.24) is 5.32 Å². The van der Waals surface area contributed by atoms with Gasteiger partial charge in [-0.3, -0.25) is 10.1 Å². The number of amides is 1. The number of hydrogen-bond acceptors (Lipinski definition) is 8. The molecule has 0 saturated heterocycles. The van der Waals surface area contributed by atoms with Crippen molar-refractivity contribution >= 4 is 36.4 Å². The van der Waals surface area contributed by atoms with Crippen LogP contribution in [0.3, 0.4) is 0 Å². The fourth-order valence-electron chi connectivity index (χ4n) is 6.19. The number of alkyl carbamates (subject to hydrolysis) is 1. The third-order valence-electron chi connectivity index (χ3n) is 8.79. The lowest BCUT2D eigenvalue weighted by Gasteiger charge is -2.44. The van der Waals surface area contributed by atoms with Crippen molar-refractivity contribution in [3.05, 3.63) is 166 Å². The van der Waals surface area contributed by atoms with Crippen molar-refractivity contribution in [2.45, 2.75) is 44.6 Å². The summed E-state index contributed by atoms with van der Waals surface area (Å²) in [4.78, 5) is 38.1. The molecule has 52 heavy (non-hydrogen) atoms. The lowest BCUT2D eigenvalue weighted by molar-refractivity contribution is -0.384. The maximum absolute atomic E-state index is 13.8. The van der Waals surface area contributed by atoms with Gasteiger partial charge in [-0.1, -0.05) is 124 Å². The highest BCUT2D eigenvalue weighted by Crippen LogP contribution is 2.37. The van der Waals surface area contributed by atoms with Crippen LogP contribution in [0.4, 0.5) is 10.5 Å². The van der Waals surface area contributed by atoms with Gasteiger partial charge < -0.3 is 24.0 Å². The van der Waals surface area contributed by atoms with E-state index in [0.717, 1.165) is 15.9 Å². The van der Waals surface area contributed by atoms with Crippen LogP contribution in [-0.2, 0) is 20.5 Å². The van der Waals surface area contributed by atoms with E-state index in [1.807, 2.05) is 66.7 Å². The minimum absolute atomic E-state index is 0.0216. The predicted octanol–water partition coefficient (Wildman–Crippen LogP) is 7.37. The number of ether oxygens (including phenoxy) is 3. The number of nitrogens with zero attached hydrogens (tertiary/aromatic N) is 1. The second-order valence-corrected chi connectivity index (χ2v) is 17.5. The Hall–Kier alpha value is -5.78. The number of carbonyl (C=O) groups excluding carboxylic acids is 2. The van der Waals surface area contributed by atoms with E-state index in [0.29, 0.717) is 11.3 Å². The van der Waals surface area contributed by atoms with Crippen molar-refractivity contribution in [2.24, 2.45) is 0 Å². The molecule has 5 aromatic rings. The predicted molar refractivity (Wildman–Crippen MR) is 201 cm³/mol. The molecule has 5 aromatic carbocycles. The van der Waals surface area contributed by atoms with Crippen molar-refractivity contribution in [3.8, 4) is 5.75 Å². The molecule has 10 nitrogen and oxygen atoms in total. The van der Waals surface area contributed by atoms with Crippen LogP contribution < -0.4 is 20.4 Å². The second kappa shape index (κ2) is 17.0. The molecule has 0 aliphatic rings. The first kappa shape index (κ1) is 37.5. The lowest BCUT2D eigenvalue weighted by Crippen LogP contribution is -2.67. The van der Waals surface area contributed by atoms with Crippen molar-refractivity contribution in [3.63, 3.8) is 0 Å². The number of rotatable bonds is 14. The summed E-state index contributed by atoms with van der Waals surface area (Å²) >= 11 is 0. The van der Waals surface area contributed by atoms with Gasteiger partial charge in [0.05, 0.1) is 30.2 Å². The van der Waals surface area contributed by atoms with E-state index in [1.54, 1.807) is 31.4 Å². The maximum Gasteiger partial charge on any atom is 0.408 e. The molecule has 1 amide bonds. The highest BCUT2D eigenvalue weighted by atomic mass is 28.4. The van der Waals surface area contributed by atoms with Crippen LogP contribution >= 0.6 is 0 Å². The topological polar surface area (TPSA) is 126 Å². The average Bonchev–Trinajstić information content (AvgIpc) is 3.16. The number of benzene rings is 5. The Kier molecular flexibility index (Phi) is 12.2. The summed E-state index contributed by atoms with van der Waals surface area (Å²) in [7, 11) is -1.60. The Morgan fingerprint density at radius 2 is 1.31 bits per heavy atom. The van der Waals surface area contributed by atoms with Gasteiger partial charge in [0, 0.05) is 12.1 Å². The maximum atomic E-state index is 13.8. The van der Waals surface area contributed by atoms with Gasteiger partial charge in [0.2, 0.25) is 0 Å². The van der Waals surface area contributed by atoms with E-state index in [1.165, 1.54) is 24.3 Å². The third kappa shape index (κ3) is 8.92. The molecule has 0 aliphatic heterocycles. The van der Waals surface area contributed by atoms with E-state index in [4.69, 9.17) is 18.6 Å². The van der Waals surface area contributed by atoms with Crippen LogP contribution in [0, 0.1) is 10.1 Å². The minimum atomic E-state index is -3.15. The van der Waals surface area contributed by atoms with Crippen molar-refractivity contribution < 1.29 is 33.1 Å². The first-order valence-corrected chi connectivity index (χ1v) is 18.7. The van der Waals surface area contributed by atoms with Crippen LogP contribution in [0.25, 0.3) is 0 Å². The first-order valence-electron chi connectivity index (χ1n) is 16.8. The molecule has 0 spiro atoms. The van der Waals surface area contributed by atoms with E-state index in [-0.39, 0.29) is 24.5 Å². The van der Waals surface area contributed by atoms with Crippen LogP contribution in [-0.4, -0.2) is 45.1 Å². The number of nitrogens with one attached hydrogen (secondary N) is 1. The zero-order valence-corrected chi connectivity index (χ0v) is 30.6. The second-order valence-electron chi connectivity index (χ2n) is 13.2. The Bertz CT molecular complexity index is 1880. The van der Waals surface area contributed by atoms with E-state index in [9.17, 15) is 19.7 Å². The average molecular weight is 719 g/mol. The Morgan fingerprint density at radius 3 is 1.81 bits per heavy atom. The smallest absolute Gasteiger partial charge is 0.408 e. The number of non-ortho nitro benzene ring substituents is 1.